The second-order valence-electron chi connectivity index (χ2n) is 5.60. The minimum Gasteiger partial charge on any atom is -0.396 e. The second-order valence-corrected chi connectivity index (χ2v) is 5.60. The summed E-state index contributed by atoms with van der Waals surface area (Å²) in [7, 11) is 1.88. The lowest BCUT2D eigenvalue weighted by molar-refractivity contribution is -0.137. The van der Waals surface area contributed by atoms with Crippen molar-refractivity contribution in [1.82, 2.24) is 4.90 Å². The van der Waals surface area contributed by atoms with Crippen LogP contribution in [0.1, 0.15) is 45.4 Å². The predicted molar refractivity (Wildman–Crippen MR) is 73.1 cm³/mol. The van der Waals surface area contributed by atoms with Crippen LogP contribution in [0.2, 0.25) is 0 Å². The van der Waals surface area contributed by atoms with Crippen molar-refractivity contribution in [2.45, 2.75) is 51.5 Å². The van der Waals surface area contributed by atoms with Gasteiger partial charge in [0, 0.05) is 32.2 Å². The number of aliphatic hydroxyl groups is 1. The molecule has 18 heavy (non-hydrogen) atoms. The lowest BCUT2D eigenvalue weighted by Crippen LogP contribution is -2.45. The highest BCUT2D eigenvalue weighted by atomic mass is 16.2. The molecule has 1 fully saturated rings. The zero-order valence-electron chi connectivity index (χ0n) is 11.8. The van der Waals surface area contributed by atoms with Gasteiger partial charge in [-0.2, -0.15) is 0 Å². The standard InChI is InChI=1S/C14H28N2O2/c1-11-12(7-6-8-13(11)15)14(18)16(2)9-4-3-5-10-17/h11-13,17H,3-10,15H2,1-2H3. The molecule has 0 spiro atoms. The molecule has 1 aliphatic rings. The molecular formula is C14H28N2O2. The van der Waals surface area contributed by atoms with Crippen LogP contribution in [0.15, 0.2) is 0 Å². The molecule has 1 aliphatic carbocycles. The molecule has 0 radical (unpaired) electrons. The molecule has 4 nitrogen and oxygen atoms in total. The summed E-state index contributed by atoms with van der Waals surface area (Å²) < 4.78 is 0. The van der Waals surface area contributed by atoms with E-state index in [1.54, 1.807) is 0 Å². The van der Waals surface area contributed by atoms with Crippen LogP contribution in [0.4, 0.5) is 0 Å². The van der Waals surface area contributed by atoms with Crippen molar-refractivity contribution < 1.29 is 9.90 Å². The molecule has 0 aromatic rings. The minimum absolute atomic E-state index is 0.108. The van der Waals surface area contributed by atoms with Crippen LogP contribution in [0.25, 0.3) is 0 Å². The first kappa shape index (κ1) is 15.4. The van der Waals surface area contributed by atoms with Gasteiger partial charge in [0.15, 0.2) is 0 Å². The highest BCUT2D eigenvalue weighted by Crippen LogP contribution is 2.30. The van der Waals surface area contributed by atoms with Crippen LogP contribution in [0.5, 0.6) is 0 Å². The second kappa shape index (κ2) is 7.74. The van der Waals surface area contributed by atoms with E-state index in [-0.39, 0.29) is 24.5 Å². The Bertz CT molecular complexity index is 258. The number of rotatable bonds is 6. The third-order valence-corrected chi connectivity index (χ3v) is 4.21. The Kier molecular flexibility index (Phi) is 6.65. The van der Waals surface area contributed by atoms with Gasteiger partial charge in [0.2, 0.25) is 5.91 Å². The monoisotopic (exact) mass is 256 g/mol. The van der Waals surface area contributed by atoms with E-state index >= 15 is 0 Å². The average Bonchev–Trinajstić information content (AvgIpc) is 2.37. The number of nitrogens with two attached hydrogens (primary N) is 1. The van der Waals surface area contributed by atoms with Crippen molar-refractivity contribution in [2.24, 2.45) is 17.6 Å². The van der Waals surface area contributed by atoms with E-state index in [9.17, 15) is 4.79 Å². The highest BCUT2D eigenvalue weighted by molar-refractivity contribution is 5.79. The number of aliphatic hydroxyl groups excluding tert-OH is 1. The van der Waals surface area contributed by atoms with Gasteiger partial charge in [0.25, 0.3) is 0 Å². The Hall–Kier alpha value is -0.610. The molecule has 0 bridgehead atoms. The van der Waals surface area contributed by atoms with Crippen molar-refractivity contribution >= 4 is 5.91 Å². The molecule has 1 amide bonds. The molecule has 4 heteroatoms. The summed E-state index contributed by atoms with van der Waals surface area (Å²) in [6.45, 7) is 3.13. The number of hydrogen-bond acceptors (Lipinski definition) is 3. The molecule has 0 saturated heterocycles. The van der Waals surface area contributed by atoms with E-state index in [0.29, 0.717) is 5.92 Å². The van der Waals surface area contributed by atoms with Crippen molar-refractivity contribution in [3.05, 3.63) is 0 Å². The van der Waals surface area contributed by atoms with Gasteiger partial charge >= 0.3 is 0 Å². The zero-order chi connectivity index (χ0) is 13.5. The summed E-state index contributed by atoms with van der Waals surface area (Å²) in [4.78, 5) is 14.2. The molecular weight excluding hydrogens is 228 g/mol. The Labute approximate surface area is 111 Å². The Morgan fingerprint density at radius 1 is 1.33 bits per heavy atom. The van der Waals surface area contributed by atoms with Crippen LogP contribution < -0.4 is 5.73 Å². The van der Waals surface area contributed by atoms with Crippen molar-refractivity contribution in [2.75, 3.05) is 20.2 Å². The number of amides is 1. The van der Waals surface area contributed by atoms with E-state index in [0.717, 1.165) is 45.1 Å². The maximum absolute atomic E-state index is 12.3. The third kappa shape index (κ3) is 4.25. The molecule has 0 aromatic heterocycles. The molecule has 1 saturated carbocycles. The lowest BCUT2D eigenvalue weighted by atomic mass is 9.76. The molecule has 0 aliphatic heterocycles. The topological polar surface area (TPSA) is 66.6 Å². The summed E-state index contributed by atoms with van der Waals surface area (Å²) in [5, 5.41) is 8.71. The maximum Gasteiger partial charge on any atom is 0.225 e. The molecule has 1 rings (SSSR count). The molecule has 106 valence electrons. The first-order chi connectivity index (χ1) is 8.57. The molecule has 0 aromatic carbocycles. The SMILES string of the molecule is CC1C(N)CCCC1C(=O)N(C)CCCCCO. The molecule has 3 unspecified atom stereocenters. The number of carbonyl (C=O) groups is 1. The van der Waals surface area contributed by atoms with Gasteiger partial charge in [-0.3, -0.25) is 4.79 Å². The van der Waals surface area contributed by atoms with Crippen molar-refractivity contribution in [1.29, 1.82) is 0 Å². The van der Waals surface area contributed by atoms with Crippen molar-refractivity contribution in [3.8, 4) is 0 Å². The van der Waals surface area contributed by atoms with E-state index < -0.39 is 0 Å². The quantitative estimate of drug-likeness (QED) is 0.705. The fraction of sp³-hybridized carbons (Fsp3) is 0.929. The van der Waals surface area contributed by atoms with Gasteiger partial charge in [-0.15, -0.1) is 0 Å². The Morgan fingerprint density at radius 3 is 2.72 bits per heavy atom. The van der Waals surface area contributed by atoms with Gasteiger partial charge in [0.1, 0.15) is 0 Å². The van der Waals surface area contributed by atoms with Crippen molar-refractivity contribution in [3.63, 3.8) is 0 Å². The first-order valence-corrected chi connectivity index (χ1v) is 7.19. The van der Waals surface area contributed by atoms with Crippen LogP contribution in [-0.4, -0.2) is 42.2 Å². The largest absolute Gasteiger partial charge is 0.396 e. The summed E-state index contributed by atoms with van der Waals surface area (Å²) in [6, 6.07) is 0.176. The first-order valence-electron chi connectivity index (χ1n) is 7.19. The normalized spacial score (nSPS) is 28.1. The molecule has 3 atom stereocenters. The zero-order valence-corrected chi connectivity index (χ0v) is 11.8. The number of hydrogen-bond donors (Lipinski definition) is 2. The van der Waals surface area contributed by atoms with Gasteiger partial charge in [0.05, 0.1) is 0 Å². The van der Waals surface area contributed by atoms with Gasteiger partial charge in [-0.05, 0) is 38.0 Å². The summed E-state index contributed by atoms with van der Waals surface area (Å²) in [5.41, 5.74) is 6.05. The minimum atomic E-state index is 0.108. The van der Waals surface area contributed by atoms with Crippen LogP contribution in [0, 0.1) is 11.8 Å². The van der Waals surface area contributed by atoms with E-state index in [1.165, 1.54) is 0 Å². The smallest absolute Gasteiger partial charge is 0.225 e. The van der Waals surface area contributed by atoms with Gasteiger partial charge < -0.3 is 15.7 Å². The lowest BCUT2D eigenvalue weighted by Gasteiger charge is -2.35. The Balaban J connectivity index is 2.37. The van der Waals surface area contributed by atoms with Crippen LogP contribution in [0.3, 0.4) is 0 Å². The predicted octanol–water partition coefficient (Wildman–Crippen LogP) is 1.37. The number of unbranched alkanes of at least 4 members (excludes halogenated alkanes) is 2. The van der Waals surface area contributed by atoms with Crippen LogP contribution >= 0.6 is 0 Å². The maximum atomic E-state index is 12.3. The average molecular weight is 256 g/mol. The molecule has 3 N–H and O–H groups in total. The number of nitrogens with zero attached hydrogens (tertiary/aromatic N) is 1. The Morgan fingerprint density at radius 2 is 2.06 bits per heavy atom. The van der Waals surface area contributed by atoms with E-state index in [4.69, 9.17) is 10.8 Å². The van der Waals surface area contributed by atoms with E-state index in [1.807, 2.05) is 11.9 Å². The summed E-state index contributed by atoms with van der Waals surface area (Å²) in [6.07, 6.45) is 5.87. The van der Waals surface area contributed by atoms with E-state index in [2.05, 4.69) is 6.92 Å². The van der Waals surface area contributed by atoms with Gasteiger partial charge in [-0.1, -0.05) is 13.3 Å². The molecule has 0 heterocycles. The third-order valence-electron chi connectivity index (χ3n) is 4.21. The van der Waals surface area contributed by atoms with Crippen LogP contribution in [-0.2, 0) is 4.79 Å². The van der Waals surface area contributed by atoms with Gasteiger partial charge in [-0.25, -0.2) is 0 Å². The fourth-order valence-electron chi connectivity index (χ4n) is 2.78. The number of carbonyl (C=O) groups excluding carboxylic acids is 1. The highest BCUT2D eigenvalue weighted by Gasteiger charge is 2.33. The summed E-state index contributed by atoms with van der Waals surface area (Å²) >= 11 is 0. The fourth-order valence-corrected chi connectivity index (χ4v) is 2.78. The summed E-state index contributed by atoms with van der Waals surface area (Å²) in [5.74, 6) is 0.657.